The number of phenolic OH excluding ortho intramolecular Hbond substituents is 1. The summed E-state index contributed by atoms with van der Waals surface area (Å²) in [6, 6.07) is 8.69. The summed E-state index contributed by atoms with van der Waals surface area (Å²) < 4.78 is 35.9. The minimum atomic E-state index is -3.27. The number of amides is 1. The Kier molecular flexibility index (Phi) is 6.17. The molecule has 0 spiro atoms. The summed E-state index contributed by atoms with van der Waals surface area (Å²) >= 11 is 6.20. The molecule has 11 heteroatoms. The van der Waals surface area contributed by atoms with Crippen molar-refractivity contribution in [3.63, 3.8) is 0 Å². The molecule has 1 aromatic heterocycles. The molecule has 1 saturated heterocycles. The van der Waals surface area contributed by atoms with Gasteiger partial charge in [-0.25, -0.2) is 8.42 Å². The Morgan fingerprint density at radius 1 is 1.28 bits per heavy atom. The number of phenols is 1. The standard InChI is InChI=1S/C25H24ClN3O6S/c1-3-9-35-19-7-4-14(11-20(19)34-2)24-21-22(17-12-15(26)5-6-18(17)30)27-28-23(21)25(31)29(24)16-8-10-36(32,33)13-16/h3-7,11-12,16,24,30H,1,8-10,13H2,2H3,(H,27,28). The Balaban J connectivity index is 1.68. The second-order valence-corrected chi connectivity index (χ2v) is 11.4. The third-order valence-corrected chi connectivity index (χ3v) is 8.47. The van der Waals surface area contributed by atoms with Gasteiger partial charge in [-0.05, 0) is 42.3 Å². The normalized spacial score (nSPS) is 20.4. The lowest BCUT2D eigenvalue weighted by atomic mass is 9.94. The summed E-state index contributed by atoms with van der Waals surface area (Å²) in [5.74, 6) is 0.434. The predicted molar refractivity (Wildman–Crippen MR) is 134 cm³/mol. The van der Waals surface area contributed by atoms with Crippen LogP contribution in [0.5, 0.6) is 17.2 Å². The molecule has 188 valence electrons. The Bertz CT molecular complexity index is 1470. The predicted octanol–water partition coefficient (Wildman–Crippen LogP) is 3.74. The maximum absolute atomic E-state index is 13.6. The van der Waals surface area contributed by atoms with Crippen LogP contribution in [0.4, 0.5) is 0 Å². The van der Waals surface area contributed by atoms with Crippen molar-refractivity contribution in [3.8, 4) is 28.5 Å². The smallest absolute Gasteiger partial charge is 0.273 e. The number of aromatic nitrogens is 2. The van der Waals surface area contributed by atoms with E-state index in [0.29, 0.717) is 45.3 Å². The zero-order chi connectivity index (χ0) is 25.6. The Morgan fingerprint density at radius 3 is 2.78 bits per heavy atom. The molecule has 0 bridgehead atoms. The largest absolute Gasteiger partial charge is 0.507 e. The molecular formula is C25H24ClN3O6S. The van der Waals surface area contributed by atoms with Crippen LogP contribution in [0, 0.1) is 0 Å². The van der Waals surface area contributed by atoms with E-state index in [4.69, 9.17) is 21.1 Å². The minimum absolute atomic E-state index is 0.0138. The first-order valence-electron chi connectivity index (χ1n) is 11.3. The van der Waals surface area contributed by atoms with Gasteiger partial charge in [0.05, 0.1) is 24.7 Å². The molecule has 0 radical (unpaired) electrons. The van der Waals surface area contributed by atoms with Crippen LogP contribution >= 0.6 is 11.6 Å². The van der Waals surface area contributed by atoms with E-state index in [1.165, 1.54) is 13.2 Å². The van der Waals surface area contributed by atoms with Crippen molar-refractivity contribution < 1.29 is 27.8 Å². The number of carbonyl (C=O) groups excluding carboxylic acids is 1. The molecule has 1 fully saturated rings. The van der Waals surface area contributed by atoms with E-state index >= 15 is 0 Å². The number of aromatic hydroxyl groups is 1. The Hall–Kier alpha value is -3.50. The number of ether oxygens (including phenoxy) is 2. The molecule has 2 atom stereocenters. The topological polar surface area (TPSA) is 122 Å². The fraction of sp³-hybridized carbons (Fsp3) is 0.280. The van der Waals surface area contributed by atoms with Gasteiger partial charge in [-0.2, -0.15) is 5.10 Å². The Labute approximate surface area is 213 Å². The van der Waals surface area contributed by atoms with Crippen LogP contribution in [0.15, 0.2) is 49.1 Å². The number of carbonyl (C=O) groups is 1. The van der Waals surface area contributed by atoms with E-state index in [1.54, 1.807) is 41.3 Å². The van der Waals surface area contributed by atoms with Gasteiger partial charge in [0.15, 0.2) is 21.3 Å². The molecule has 2 aliphatic heterocycles. The summed E-state index contributed by atoms with van der Waals surface area (Å²) in [5, 5.41) is 18.1. The molecule has 36 heavy (non-hydrogen) atoms. The van der Waals surface area contributed by atoms with E-state index < -0.39 is 21.9 Å². The van der Waals surface area contributed by atoms with Crippen molar-refractivity contribution in [1.29, 1.82) is 0 Å². The zero-order valence-electron chi connectivity index (χ0n) is 19.4. The van der Waals surface area contributed by atoms with E-state index in [1.807, 2.05) is 0 Å². The van der Waals surface area contributed by atoms with E-state index in [0.717, 1.165) is 0 Å². The number of halogens is 1. The summed E-state index contributed by atoms with van der Waals surface area (Å²) in [7, 11) is -1.75. The van der Waals surface area contributed by atoms with Crippen molar-refractivity contribution in [1.82, 2.24) is 15.1 Å². The molecule has 9 nitrogen and oxygen atoms in total. The van der Waals surface area contributed by atoms with Crippen molar-refractivity contribution >= 4 is 27.3 Å². The lowest BCUT2D eigenvalue weighted by Crippen LogP contribution is -2.40. The second-order valence-electron chi connectivity index (χ2n) is 8.70. The highest BCUT2D eigenvalue weighted by molar-refractivity contribution is 7.91. The maximum atomic E-state index is 13.6. The van der Waals surface area contributed by atoms with E-state index in [2.05, 4.69) is 16.8 Å². The lowest BCUT2D eigenvalue weighted by Gasteiger charge is -2.31. The first kappa shape index (κ1) is 24.2. The number of aromatic amines is 1. The van der Waals surface area contributed by atoms with Gasteiger partial charge in [-0.15, -0.1) is 0 Å². The number of nitrogens with zero attached hydrogens (tertiary/aromatic N) is 2. The van der Waals surface area contributed by atoms with Crippen molar-refractivity contribution in [2.45, 2.75) is 18.5 Å². The third-order valence-electron chi connectivity index (χ3n) is 6.48. The average Bonchev–Trinajstić information content (AvgIpc) is 3.52. The summed E-state index contributed by atoms with van der Waals surface area (Å²) in [5.41, 5.74) is 2.17. The minimum Gasteiger partial charge on any atom is -0.507 e. The Morgan fingerprint density at radius 2 is 2.08 bits per heavy atom. The van der Waals surface area contributed by atoms with Gasteiger partial charge in [-0.1, -0.05) is 30.3 Å². The monoisotopic (exact) mass is 529 g/mol. The summed E-state index contributed by atoms with van der Waals surface area (Å²) in [6.45, 7) is 3.94. The highest BCUT2D eigenvalue weighted by atomic mass is 35.5. The van der Waals surface area contributed by atoms with E-state index in [9.17, 15) is 18.3 Å². The molecule has 2 aromatic carbocycles. The highest BCUT2D eigenvalue weighted by Crippen LogP contribution is 2.48. The number of nitrogens with one attached hydrogen (secondary N) is 1. The fourth-order valence-corrected chi connectivity index (χ4v) is 6.77. The number of hydrogen-bond acceptors (Lipinski definition) is 7. The molecule has 3 heterocycles. The highest BCUT2D eigenvalue weighted by Gasteiger charge is 2.48. The van der Waals surface area contributed by atoms with Gasteiger partial charge in [0, 0.05) is 22.2 Å². The van der Waals surface area contributed by atoms with Crippen LogP contribution < -0.4 is 9.47 Å². The number of sulfone groups is 1. The number of H-pyrrole nitrogens is 1. The van der Waals surface area contributed by atoms with Crippen LogP contribution in [0.1, 0.15) is 34.1 Å². The van der Waals surface area contributed by atoms with E-state index in [-0.39, 0.29) is 35.5 Å². The molecule has 2 unspecified atom stereocenters. The van der Waals surface area contributed by atoms with Crippen LogP contribution in [0.25, 0.3) is 11.3 Å². The number of methoxy groups -OCH3 is 1. The van der Waals surface area contributed by atoms with Gasteiger partial charge in [0.1, 0.15) is 23.7 Å². The second kappa shape index (κ2) is 9.18. The molecule has 3 aromatic rings. The van der Waals surface area contributed by atoms with Crippen LogP contribution in [0.2, 0.25) is 5.02 Å². The van der Waals surface area contributed by atoms with Gasteiger partial charge in [-0.3, -0.25) is 9.89 Å². The van der Waals surface area contributed by atoms with Crippen LogP contribution in [-0.4, -0.2) is 65.8 Å². The van der Waals surface area contributed by atoms with Crippen LogP contribution in [0.3, 0.4) is 0 Å². The quantitative estimate of drug-likeness (QED) is 0.447. The van der Waals surface area contributed by atoms with Gasteiger partial charge in [0.2, 0.25) is 0 Å². The van der Waals surface area contributed by atoms with Gasteiger partial charge >= 0.3 is 0 Å². The summed E-state index contributed by atoms with van der Waals surface area (Å²) in [6.07, 6.45) is 1.95. The number of rotatable bonds is 7. The molecule has 2 aliphatic rings. The van der Waals surface area contributed by atoms with Gasteiger partial charge in [0.25, 0.3) is 5.91 Å². The van der Waals surface area contributed by atoms with Crippen molar-refractivity contribution in [2.24, 2.45) is 0 Å². The molecule has 0 saturated carbocycles. The summed E-state index contributed by atoms with van der Waals surface area (Å²) in [4.78, 5) is 15.2. The van der Waals surface area contributed by atoms with Crippen molar-refractivity contribution in [2.75, 3.05) is 25.2 Å². The van der Waals surface area contributed by atoms with Crippen molar-refractivity contribution in [3.05, 3.63) is 70.9 Å². The molecule has 2 N–H and O–H groups in total. The third kappa shape index (κ3) is 4.10. The molecule has 0 aliphatic carbocycles. The zero-order valence-corrected chi connectivity index (χ0v) is 21.0. The van der Waals surface area contributed by atoms with Gasteiger partial charge < -0.3 is 19.5 Å². The molecular weight excluding hydrogens is 506 g/mol. The maximum Gasteiger partial charge on any atom is 0.273 e. The SMILES string of the molecule is C=CCOc1ccc(C2c3c(-c4cc(Cl)ccc4O)n[nH]c3C(=O)N2C2CCS(=O)(=O)C2)cc1OC. The van der Waals surface area contributed by atoms with Crippen LogP contribution in [-0.2, 0) is 9.84 Å². The first-order chi connectivity index (χ1) is 17.2. The average molecular weight is 530 g/mol. The first-order valence-corrected chi connectivity index (χ1v) is 13.5. The number of benzene rings is 2. The number of fused-ring (bicyclic) bond motifs is 1. The lowest BCUT2D eigenvalue weighted by molar-refractivity contribution is 0.0677. The molecule has 1 amide bonds. The molecule has 5 rings (SSSR count). The number of hydrogen-bond donors (Lipinski definition) is 2. The fourth-order valence-electron chi connectivity index (χ4n) is 4.89.